The minimum absolute atomic E-state index is 0.454. The second kappa shape index (κ2) is 5.37. The topological polar surface area (TPSA) is 39.2 Å². The molecule has 0 bridgehead atoms. The zero-order valence-electron chi connectivity index (χ0n) is 12.9. The van der Waals surface area contributed by atoms with E-state index in [2.05, 4.69) is 16.5 Å². The molecule has 1 aliphatic carbocycles. The van der Waals surface area contributed by atoms with Gasteiger partial charge in [-0.2, -0.15) is 0 Å². The Bertz CT molecular complexity index is 713. The summed E-state index contributed by atoms with van der Waals surface area (Å²) in [6.45, 7) is 3.25. The number of hydrogen-bond donors (Lipinski definition) is 1. The van der Waals surface area contributed by atoms with Gasteiger partial charge in [0, 0.05) is 18.7 Å². The summed E-state index contributed by atoms with van der Waals surface area (Å²) in [5.41, 5.74) is 2.56. The van der Waals surface area contributed by atoms with Gasteiger partial charge in [-0.25, -0.2) is 0 Å². The first kappa shape index (κ1) is 14.4. The molecule has 2 aromatic rings. The first-order valence-corrected chi connectivity index (χ1v) is 7.88. The number of nitrogens with one attached hydrogen (secondary N) is 1. The maximum absolute atomic E-state index is 5.52. The Kier molecular flexibility index (Phi) is 3.69. The van der Waals surface area contributed by atoms with Crippen molar-refractivity contribution in [2.45, 2.75) is 39.2 Å². The lowest BCUT2D eigenvalue weighted by molar-refractivity contribution is 0.355. The Morgan fingerprint density at radius 2 is 1.90 bits per heavy atom. The lowest BCUT2D eigenvalue weighted by atomic mass is 10.0. The van der Waals surface area contributed by atoms with Gasteiger partial charge in [0.25, 0.3) is 0 Å². The van der Waals surface area contributed by atoms with Crippen molar-refractivity contribution in [1.82, 2.24) is 9.55 Å². The predicted molar refractivity (Wildman–Crippen MR) is 86.8 cm³/mol. The van der Waals surface area contributed by atoms with Crippen LogP contribution in [0, 0.1) is 10.2 Å². The number of benzene rings is 1. The van der Waals surface area contributed by atoms with E-state index in [-0.39, 0.29) is 0 Å². The molecule has 0 aliphatic heterocycles. The molecule has 1 heterocycles. The van der Waals surface area contributed by atoms with Crippen LogP contribution in [0.4, 0.5) is 0 Å². The molecule has 1 N–H and O–H groups in total. The molecule has 1 aliphatic rings. The highest BCUT2D eigenvalue weighted by molar-refractivity contribution is 7.71. The van der Waals surface area contributed by atoms with Crippen LogP contribution in [0.2, 0.25) is 0 Å². The molecule has 1 fully saturated rings. The van der Waals surface area contributed by atoms with E-state index in [0.717, 1.165) is 33.8 Å². The smallest absolute Gasteiger partial charge is 0.178 e. The fraction of sp³-hybridized carbons (Fsp3) is 0.562. The maximum atomic E-state index is 5.52. The number of nitrogens with zero attached hydrogens (tertiary/aromatic N) is 1. The van der Waals surface area contributed by atoms with Crippen LogP contribution >= 0.6 is 12.2 Å². The highest BCUT2D eigenvalue weighted by Gasteiger charge is 2.42. The number of aromatic nitrogens is 2. The minimum atomic E-state index is 0.454. The van der Waals surface area contributed by atoms with Crippen molar-refractivity contribution in [1.29, 1.82) is 0 Å². The Labute approximate surface area is 130 Å². The van der Waals surface area contributed by atoms with Crippen molar-refractivity contribution in [2.24, 2.45) is 5.41 Å². The largest absolute Gasteiger partial charge is 0.493 e. The monoisotopic (exact) mass is 306 g/mol. The fourth-order valence-electron chi connectivity index (χ4n) is 3.17. The highest BCUT2D eigenvalue weighted by atomic mass is 32.1. The summed E-state index contributed by atoms with van der Waals surface area (Å²) >= 11 is 5.52. The van der Waals surface area contributed by atoms with Gasteiger partial charge < -0.3 is 19.0 Å². The first-order valence-electron chi connectivity index (χ1n) is 7.47. The summed E-state index contributed by atoms with van der Waals surface area (Å²) in [4.78, 5) is 3.29. The molecule has 114 valence electrons. The normalized spacial score (nSPS) is 16.1. The van der Waals surface area contributed by atoms with E-state index in [1.807, 2.05) is 12.1 Å². The van der Waals surface area contributed by atoms with E-state index >= 15 is 0 Å². The van der Waals surface area contributed by atoms with E-state index in [9.17, 15) is 0 Å². The summed E-state index contributed by atoms with van der Waals surface area (Å²) in [7, 11) is 3.31. The molecule has 1 saturated carbocycles. The van der Waals surface area contributed by atoms with Gasteiger partial charge in [0.1, 0.15) is 0 Å². The van der Waals surface area contributed by atoms with Crippen LogP contribution in [-0.2, 0) is 6.54 Å². The van der Waals surface area contributed by atoms with Gasteiger partial charge in [-0.1, -0.05) is 13.3 Å². The van der Waals surface area contributed by atoms with Gasteiger partial charge in [0.15, 0.2) is 16.3 Å². The van der Waals surface area contributed by atoms with Crippen molar-refractivity contribution in [3.8, 4) is 11.5 Å². The molecular weight excluding hydrogens is 284 g/mol. The van der Waals surface area contributed by atoms with Crippen LogP contribution in [0.5, 0.6) is 11.5 Å². The third-order valence-corrected chi connectivity index (χ3v) is 4.83. The van der Waals surface area contributed by atoms with E-state index in [4.69, 9.17) is 21.7 Å². The Morgan fingerprint density at radius 1 is 1.24 bits per heavy atom. The van der Waals surface area contributed by atoms with Gasteiger partial charge in [-0.15, -0.1) is 0 Å². The van der Waals surface area contributed by atoms with Crippen molar-refractivity contribution >= 4 is 23.3 Å². The quantitative estimate of drug-likeness (QED) is 0.809. The van der Waals surface area contributed by atoms with Gasteiger partial charge in [0.2, 0.25) is 0 Å². The Morgan fingerprint density at radius 3 is 2.48 bits per heavy atom. The van der Waals surface area contributed by atoms with Crippen LogP contribution in [0.15, 0.2) is 12.1 Å². The third kappa shape index (κ3) is 2.55. The summed E-state index contributed by atoms with van der Waals surface area (Å²) in [5, 5.41) is 0. The number of hydrogen-bond acceptors (Lipinski definition) is 3. The maximum Gasteiger partial charge on any atom is 0.178 e. The standard InChI is InChI=1S/C16H22N2O2S/c1-4-5-16(6-7-16)10-18-12-9-14(20-3)13(19-2)8-11(12)17-15(18)21/h8-9H,4-7,10H2,1-3H3,(H,17,21). The molecular formula is C16H22N2O2S. The number of imidazole rings is 1. The molecule has 0 spiro atoms. The van der Waals surface area contributed by atoms with Crippen molar-refractivity contribution in [2.75, 3.05) is 14.2 Å². The molecule has 4 nitrogen and oxygen atoms in total. The van der Waals surface area contributed by atoms with Gasteiger partial charge in [0.05, 0.1) is 25.3 Å². The second-order valence-electron chi connectivity index (χ2n) is 5.99. The third-order valence-electron chi connectivity index (χ3n) is 4.51. The van der Waals surface area contributed by atoms with Crippen molar-refractivity contribution in [3.05, 3.63) is 16.9 Å². The number of ether oxygens (including phenoxy) is 2. The zero-order valence-corrected chi connectivity index (χ0v) is 13.7. The van der Waals surface area contributed by atoms with E-state index in [1.54, 1.807) is 14.2 Å². The highest BCUT2D eigenvalue weighted by Crippen LogP contribution is 2.51. The number of fused-ring (bicyclic) bond motifs is 1. The average molecular weight is 306 g/mol. The van der Waals surface area contributed by atoms with Crippen molar-refractivity contribution < 1.29 is 9.47 Å². The van der Waals surface area contributed by atoms with Gasteiger partial charge in [-0.3, -0.25) is 0 Å². The molecule has 1 aromatic carbocycles. The molecule has 1 aromatic heterocycles. The minimum Gasteiger partial charge on any atom is -0.493 e. The number of H-pyrrole nitrogens is 1. The van der Waals surface area contributed by atoms with Crippen LogP contribution < -0.4 is 9.47 Å². The lowest BCUT2D eigenvalue weighted by Crippen LogP contribution is -2.11. The van der Waals surface area contributed by atoms with Crippen LogP contribution in [-0.4, -0.2) is 23.8 Å². The molecule has 3 rings (SSSR count). The SMILES string of the molecule is CCCC1(Cn2c(=S)[nH]c3cc(OC)c(OC)cc32)CC1. The molecule has 0 unspecified atom stereocenters. The Balaban J connectivity index is 2.06. The number of methoxy groups -OCH3 is 2. The number of rotatable bonds is 6. The summed E-state index contributed by atoms with van der Waals surface area (Å²) < 4.78 is 13.8. The predicted octanol–water partition coefficient (Wildman–Crippen LogP) is 4.30. The summed E-state index contributed by atoms with van der Waals surface area (Å²) in [5.74, 6) is 1.47. The second-order valence-corrected chi connectivity index (χ2v) is 6.38. The summed E-state index contributed by atoms with van der Waals surface area (Å²) in [6.07, 6.45) is 5.12. The molecule has 0 radical (unpaired) electrons. The van der Waals surface area contributed by atoms with E-state index in [1.165, 1.54) is 25.7 Å². The van der Waals surface area contributed by atoms with Crippen molar-refractivity contribution in [3.63, 3.8) is 0 Å². The molecule has 21 heavy (non-hydrogen) atoms. The van der Waals surface area contributed by atoms with E-state index < -0.39 is 0 Å². The van der Waals surface area contributed by atoms with Crippen LogP contribution in [0.3, 0.4) is 0 Å². The zero-order chi connectivity index (χ0) is 15.0. The first-order chi connectivity index (χ1) is 10.1. The van der Waals surface area contributed by atoms with Crippen LogP contribution in [0.1, 0.15) is 32.6 Å². The molecule has 0 saturated heterocycles. The molecule has 0 atom stereocenters. The summed E-state index contributed by atoms with van der Waals surface area (Å²) in [6, 6.07) is 3.97. The van der Waals surface area contributed by atoms with Gasteiger partial charge >= 0.3 is 0 Å². The van der Waals surface area contributed by atoms with Crippen LogP contribution in [0.25, 0.3) is 11.0 Å². The van der Waals surface area contributed by atoms with Gasteiger partial charge in [-0.05, 0) is 36.9 Å². The Hall–Kier alpha value is -1.49. The number of aromatic amines is 1. The molecule has 0 amide bonds. The fourth-order valence-corrected chi connectivity index (χ4v) is 3.44. The van der Waals surface area contributed by atoms with E-state index in [0.29, 0.717) is 5.41 Å². The average Bonchev–Trinajstić information content (AvgIpc) is 3.17. The molecule has 5 heteroatoms. The lowest BCUT2D eigenvalue weighted by Gasteiger charge is -2.16.